The van der Waals surface area contributed by atoms with Gasteiger partial charge in [0.1, 0.15) is 4.83 Å². The number of nitro groups is 1. The highest BCUT2D eigenvalue weighted by Gasteiger charge is 2.19. The van der Waals surface area contributed by atoms with Gasteiger partial charge >= 0.3 is 6.09 Å². The standard InChI is InChI=1S/C17H16N4O4S/c1-8-12(7-10-3-5-11(6-4-10)21(23)24)9(2)20-15-13(8)14(18)16(26-15)25-17(19)22/h3-6H,7,18H2,1-2H3,(H2,19,22). The van der Waals surface area contributed by atoms with Gasteiger partial charge in [-0.25, -0.2) is 9.78 Å². The number of benzene rings is 1. The van der Waals surface area contributed by atoms with Crippen LogP contribution in [0, 0.1) is 24.0 Å². The summed E-state index contributed by atoms with van der Waals surface area (Å²) < 4.78 is 4.95. The van der Waals surface area contributed by atoms with E-state index in [0.29, 0.717) is 16.9 Å². The van der Waals surface area contributed by atoms with Crippen LogP contribution in [-0.4, -0.2) is 16.0 Å². The first kappa shape index (κ1) is 17.6. The predicted molar refractivity (Wildman–Crippen MR) is 99.6 cm³/mol. The minimum absolute atomic E-state index is 0.0473. The number of pyridine rings is 1. The molecule has 0 radical (unpaired) electrons. The van der Waals surface area contributed by atoms with Gasteiger partial charge in [0.2, 0.25) is 5.06 Å². The van der Waals surface area contributed by atoms with Crippen molar-refractivity contribution in [3.05, 3.63) is 56.8 Å². The third kappa shape index (κ3) is 3.16. The first-order valence-electron chi connectivity index (χ1n) is 7.66. The van der Waals surface area contributed by atoms with Gasteiger partial charge in [0.05, 0.1) is 10.6 Å². The summed E-state index contributed by atoms with van der Waals surface area (Å²) in [5.74, 6) is 0. The number of non-ortho nitro benzene ring substituents is 1. The number of hydrogen-bond acceptors (Lipinski definition) is 7. The average molecular weight is 372 g/mol. The van der Waals surface area contributed by atoms with Crippen LogP contribution in [0.25, 0.3) is 10.2 Å². The molecule has 0 aliphatic rings. The van der Waals surface area contributed by atoms with Gasteiger partial charge in [-0.1, -0.05) is 23.5 Å². The molecule has 2 heterocycles. The van der Waals surface area contributed by atoms with Gasteiger partial charge in [-0.2, -0.15) is 0 Å². The number of nitrogens with zero attached hydrogens (tertiary/aromatic N) is 2. The molecule has 1 amide bonds. The molecular weight excluding hydrogens is 356 g/mol. The van der Waals surface area contributed by atoms with Crippen molar-refractivity contribution in [3.8, 4) is 5.06 Å². The Morgan fingerprint density at radius 3 is 2.54 bits per heavy atom. The number of carbonyl (C=O) groups excluding carboxylic acids is 1. The summed E-state index contributed by atoms with van der Waals surface area (Å²) in [6.45, 7) is 3.81. The van der Waals surface area contributed by atoms with Gasteiger partial charge in [-0.05, 0) is 37.0 Å². The molecule has 26 heavy (non-hydrogen) atoms. The summed E-state index contributed by atoms with van der Waals surface area (Å²) >= 11 is 1.17. The van der Waals surface area contributed by atoms with Crippen LogP contribution in [0.4, 0.5) is 16.2 Å². The molecule has 3 aromatic rings. The smallest absolute Gasteiger partial charge is 0.397 e. The second-order valence-electron chi connectivity index (χ2n) is 5.81. The largest absolute Gasteiger partial charge is 0.410 e. The van der Waals surface area contributed by atoms with Crippen LogP contribution in [-0.2, 0) is 6.42 Å². The zero-order chi connectivity index (χ0) is 19.0. The Morgan fingerprint density at radius 2 is 1.96 bits per heavy atom. The molecule has 0 unspecified atom stereocenters. The summed E-state index contributed by atoms with van der Waals surface area (Å²) in [6.07, 6.45) is -0.372. The average Bonchev–Trinajstić information content (AvgIpc) is 2.87. The molecule has 8 nitrogen and oxygen atoms in total. The van der Waals surface area contributed by atoms with Gasteiger partial charge in [0, 0.05) is 23.2 Å². The molecule has 4 N–H and O–H groups in total. The SMILES string of the molecule is Cc1nc2sc(OC(N)=O)c(N)c2c(C)c1Cc1ccc([N+](=O)[O-])cc1. The molecule has 134 valence electrons. The Balaban J connectivity index is 2.04. The molecule has 2 aromatic heterocycles. The van der Waals surface area contributed by atoms with E-state index in [1.165, 1.54) is 23.5 Å². The van der Waals surface area contributed by atoms with Crippen molar-refractivity contribution in [3.63, 3.8) is 0 Å². The molecule has 0 bridgehead atoms. The number of carbonyl (C=O) groups is 1. The fraction of sp³-hybridized carbons (Fsp3) is 0.176. The number of anilines is 1. The number of nitrogen functional groups attached to an aromatic ring is 1. The zero-order valence-electron chi connectivity index (χ0n) is 14.1. The highest BCUT2D eigenvalue weighted by Crippen LogP contribution is 2.42. The number of fused-ring (bicyclic) bond motifs is 1. The number of nitrogens with two attached hydrogens (primary N) is 2. The molecule has 0 saturated heterocycles. The number of rotatable bonds is 4. The Hall–Kier alpha value is -3.20. The molecule has 0 spiro atoms. The maximum absolute atomic E-state index is 11.0. The first-order chi connectivity index (χ1) is 12.3. The van der Waals surface area contributed by atoms with E-state index in [9.17, 15) is 14.9 Å². The van der Waals surface area contributed by atoms with E-state index in [-0.39, 0.29) is 10.8 Å². The number of aryl methyl sites for hydroxylation is 2. The molecule has 0 atom stereocenters. The summed E-state index contributed by atoms with van der Waals surface area (Å²) in [7, 11) is 0. The van der Waals surface area contributed by atoms with Crippen molar-refractivity contribution in [1.29, 1.82) is 0 Å². The van der Waals surface area contributed by atoms with Gasteiger partial charge in [-0.15, -0.1) is 0 Å². The Bertz CT molecular complexity index is 1030. The summed E-state index contributed by atoms with van der Waals surface area (Å²) in [4.78, 5) is 26.6. The zero-order valence-corrected chi connectivity index (χ0v) is 14.9. The number of ether oxygens (including phenoxy) is 1. The second-order valence-corrected chi connectivity index (χ2v) is 6.77. The molecular formula is C17H16N4O4S. The van der Waals surface area contributed by atoms with Crippen LogP contribution in [0.15, 0.2) is 24.3 Å². The van der Waals surface area contributed by atoms with Crippen LogP contribution in [0.5, 0.6) is 5.06 Å². The number of hydrogen-bond donors (Lipinski definition) is 2. The molecule has 0 saturated carbocycles. The van der Waals surface area contributed by atoms with Gasteiger partial charge in [0.25, 0.3) is 5.69 Å². The minimum atomic E-state index is -0.927. The third-order valence-electron chi connectivity index (χ3n) is 4.15. The van der Waals surface area contributed by atoms with Crippen molar-refractivity contribution in [2.45, 2.75) is 20.3 Å². The second kappa shape index (κ2) is 6.60. The molecule has 0 aliphatic carbocycles. The lowest BCUT2D eigenvalue weighted by Gasteiger charge is -2.11. The predicted octanol–water partition coefficient (Wildman–Crippen LogP) is 3.45. The first-order valence-corrected chi connectivity index (χ1v) is 8.48. The molecule has 1 aromatic carbocycles. The lowest BCUT2D eigenvalue weighted by atomic mass is 9.97. The number of aromatic nitrogens is 1. The Kier molecular flexibility index (Phi) is 4.47. The fourth-order valence-electron chi connectivity index (χ4n) is 2.86. The summed E-state index contributed by atoms with van der Waals surface area (Å²) in [5.41, 5.74) is 15.2. The van der Waals surface area contributed by atoms with E-state index in [4.69, 9.17) is 16.2 Å². The third-order valence-corrected chi connectivity index (χ3v) is 5.12. The van der Waals surface area contributed by atoms with Crippen molar-refractivity contribution in [2.24, 2.45) is 5.73 Å². The fourth-order valence-corrected chi connectivity index (χ4v) is 3.92. The van der Waals surface area contributed by atoms with Crippen LogP contribution in [0.3, 0.4) is 0 Å². The Morgan fingerprint density at radius 1 is 1.31 bits per heavy atom. The maximum Gasteiger partial charge on any atom is 0.410 e. The monoisotopic (exact) mass is 372 g/mol. The topological polar surface area (TPSA) is 134 Å². The number of primary amides is 1. The van der Waals surface area contributed by atoms with Crippen LogP contribution in [0.1, 0.15) is 22.4 Å². The van der Waals surface area contributed by atoms with Gasteiger partial charge in [0.15, 0.2) is 0 Å². The van der Waals surface area contributed by atoms with E-state index in [1.807, 2.05) is 13.8 Å². The van der Waals surface area contributed by atoms with Gasteiger partial charge in [-0.3, -0.25) is 10.1 Å². The van der Waals surface area contributed by atoms with E-state index < -0.39 is 11.0 Å². The van der Waals surface area contributed by atoms with Crippen molar-refractivity contribution >= 4 is 39.0 Å². The molecule has 9 heteroatoms. The van der Waals surface area contributed by atoms with Crippen molar-refractivity contribution < 1.29 is 14.5 Å². The van der Waals surface area contributed by atoms with E-state index in [0.717, 1.165) is 27.8 Å². The molecule has 3 rings (SSSR count). The summed E-state index contributed by atoms with van der Waals surface area (Å²) in [6, 6.07) is 6.40. The van der Waals surface area contributed by atoms with E-state index in [2.05, 4.69) is 4.98 Å². The van der Waals surface area contributed by atoms with E-state index >= 15 is 0 Å². The highest BCUT2D eigenvalue weighted by molar-refractivity contribution is 7.21. The minimum Gasteiger partial charge on any atom is -0.397 e. The maximum atomic E-state index is 11.0. The lowest BCUT2D eigenvalue weighted by Crippen LogP contribution is -2.16. The summed E-state index contributed by atoms with van der Waals surface area (Å²) in [5, 5.41) is 11.7. The van der Waals surface area contributed by atoms with Crippen LogP contribution in [0.2, 0.25) is 0 Å². The van der Waals surface area contributed by atoms with Crippen LogP contribution >= 0.6 is 11.3 Å². The number of amides is 1. The quantitative estimate of drug-likeness (QED) is 0.532. The van der Waals surface area contributed by atoms with Crippen molar-refractivity contribution in [1.82, 2.24) is 4.98 Å². The number of nitro benzene ring substituents is 1. The number of thiophene rings is 1. The van der Waals surface area contributed by atoms with Gasteiger partial charge < -0.3 is 16.2 Å². The molecule has 0 aliphatic heterocycles. The highest BCUT2D eigenvalue weighted by atomic mass is 32.1. The van der Waals surface area contributed by atoms with Crippen molar-refractivity contribution in [2.75, 3.05) is 5.73 Å². The van der Waals surface area contributed by atoms with E-state index in [1.54, 1.807) is 12.1 Å². The van der Waals surface area contributed by atoms with Crippen LogP contribution < -0.4 is 16.2 Å². The lowest BCUT2D eigenvalue weighted by molar-refractivity contribution is -0.384. The molecule has 0 fully saturated rings. The Labute approximate surface area is 152 Å². The normalized spacial score (nSPS) is 10.8.